The Labute approximate surface area is 102 Å². The number of rotatable bonds is 5. The second kappa shape index (κ2) is 5.64. The van der Waals surface area contributed by atoms with Gasteiger partial charge in [0.2, 0.25) is 0 Å². The minimum absolute atomic E-state index is 0.403. The first-order chi connectivity index (χ1) is 8.29. The molecule has 0 saturated heterocycles. The Morgan fingerprint density at radius 1 is 1.29 bits per heavy atom. The van der Waals surface area contributed by atoms with Gasteiger partial charge in [0.15, 0.2) is 0 Å². The van der Waals surface area contributed by atoms with Crippen LogP contribution in [0.25, 0.3) is 0 Å². The summed E-state index contributed by atoms with van der Waals surface area (Å²) >= 11 is 0. The number of benzene rings is 1. The van der Waals surface area contributed by atoms with Gasteiger partial charge in [0, 0.05) is 24.5 Å². The number of aromatic amines is 1. The molecular formula is C14H19N3. The molecule has 17 heavy (non-hydrogen) atoms. The third kappa shape index (κ3) is 3.17. The molecule has 0 aliphatic carbocycles. The third-order valence-corrected chi connectivity index (χ3v) is 2.90. The third-order valence-electron chi connectivity index (χ3n) is 2.90. The van der Waals surface area contributed by atoms with Gasteiger partial charge >= 0.3 is 0 Å². The normalized spacial score (nSPS) is 12.6. The molecule has 2 N–H and O–H groups in total. The van der Waals surface area contributed by atoms with Gasteiger partial charge in [-0.15, -0.1) is 0 Å². The monoisotopic (exact) mass is 229 g/mol. The predicted molar refractivity (Wildman–Crippen MR) is 69.6 cm³/mol. The molecule has 90 valence electrons. The molecule has 3 nitrogen and oxygen atoms in total. The number of nitrogens with zero attached hydrogens (tertiary/aromatic N) is 1. The fraction of sp³-hybridized carbons (Fsp3) is 0.357. The van der Waals surface area contributed by atoms with Gasteiger partial charge in [0.1, 0.15) is 5.82 Å². The van der Waals surface area contributed by atoms with Gasteiger partial charge in [-0.05, 0) is 18.9 Å². The van der Waals surface area contributed by atoms with Crippen LogP contribution in [0.3, 0.4) is 0 Å². The van der Waals surface area contributed by atoms with Crippen molar-refractivity contribution < 1.29 is 0 Å². The van der Waals surface area contributed by atoms with Crippen molar-refractivity contribution in [3.63, 3.8) is 0 Å². The quantitative estimate of drug-likeness (QED) is 0.827. The maximum atomic E-state index is 4.20. The first-order valence-electron chi connectivity index (χ1n) is 6.08. The molecule has 0 spiro atoms. The van der Waals surface area contributed by atoms with Crippen LogP contribution < -0.4 is 5.32 Å². The Morgan fingerprint density at radius 2 is 2.06 bits per heavy atom. The summed E-state index contributed by atoms with van der Waals surface area (Å²) < 4.78 is 0. The molecule has 3 heteroatoms. The van der Waals surface area contributed by atoms with Crippen LogP contribution in [0, 0.1) is 6.92 Å². The van der Waals surface area contributed by atoms with Gasteiger partial charge in [-0.1, -0.05) is 37.3 Å². The van der Waals surface area contributed by atoms with E-state index >= 15 is 0 Å². The number of hydrogen-bond acceptors (Lipinski definition) is 2. The second-order valence-corrected chi connectivity index (χ2v) is 4.25. The van der Waals surface area contributed by atoms with Crippen LogP contribution in [-0.2, 0) is 6.54 Å². The topological polar surface area (TPSA) is 40.7 Å². The minimum atomic E-state index is 0.403. The molecule has 0 aliphatic heterocycles. The van der Waals surface area contributed by atoms with E-state index in [2.05, 4.69) is 52.5 Å². The Morgan fingerprint density at radius 3 is 2.65 bits per heavy atom. The standard InChI is InChI=1S/C14H19N3/c1-3-14(12-7-5-4-6-8-12)16-10-13-9-15-11(2)17-13/h4-9,14,16H,3,10H2,1-2H3,(H,15,17). The van der Waals surface area contributed by atoms with E-state index in [-0.39, 0.29) is 0 Å². The maximum absolute atomic E-state index is 4.20. The second-order valence-electron chi connectivity index (χ2n) is 4.25. The van der Waals surface area contributed by atoms with Gasteiger partial charge in [-0.2, -0.15) is 0 Å². The zero-order valence-electron chi connectivity index (χ0n) is 10.4. The number of nitrogens with one attached hydrogen (secondary N) is 2. The summed E-state index contributed by atoms with van der Waals surface area (Å²) in [5, 5.41) is 3.54. The van der Waals surface area contributed by atoms with Crippen molar-refractivity contribution in [3.8, 4) is 0 Å². The minimum Gasteiger partial charge on any atom is -0.345 e. The number of H-pyrrole nitrogens is 1. The largest absolute Gasteiger partial charge is 0.345 e. The Bertz CT molecular complexity index is 448. The molecule has 0 bridgehead atoms. The number of aryl methyl sites for hydroxylation is 1. The molecule has 1 aromatic carbocycles. The van der Waals surface area contributed by atoms with Crippen LogP contribution in [0.15, 0.2) is 36.5 Å². The number of aromatic nitrogens is 2. The van der Waals surface area contributed by atoms with E-state index in [1.807, 2.05) is 13.1 Å². The Balaban J connectivity index is 1.97. The van der Waals surface area contributed by atoms with E-state index in [0.717, 1.165) is 24.5 Å². The molecule has 0 fully saturated rings. The zero-order valence-corrected chi connectivity index (χ0v) is 10.4. The van der Waals surface area contributed by atoms with E-state index < -0.39 is 0 Å². The van der Waals surface area contributed by atoms with Crippen molar-refractivity contribution in [1.29, 1.82) is 0 Å². The van der Waals surface area contributed by atoms with Crippen molar-refractivity contribution in [3.05, 3.63) is 53.6 Å². The molecule has 2 rings (SSSR count). The molecule has 0 amide bonds. The first-order valence-corrected chi connectivity index (χ1v) is 6.08. The summed E-state index contributed by atoms with van der Waals surface area (Å²) in [6, 6.07) is 11.0. The van der Waals surface area contributed by atoms with Crippen molar-refractivity contribution in [2.75, 3.05) is 0 Å². The summed E-state index contributed by atoms with van der Waals surface area (Å²) in [5.41, 5.74) is 2.48. The highest BCUT2D eigenvalue weighted by atomic mass is 15.0. The zero-order chi connectivity index (χ0) is 12.1. The number of imidazole rings is 1. The summed E-state index contributed by atoms with van der Waals surface area (Å²) in [6.45, 7) is 5.00. The lowest BCUT2D eigenvalue weighted by atomic mass is 10.0. The molecule has 1 aromatic heterocycles. The van der Waals surface area contributed by atoms with Gasteiger partial charge in [-0.25, -0.2) is 4.98 Å². The average molecular weight is 229 g/mol. The van der Waals surface area contributed by atoms with Crippen LogP contribution in [0.5, 0.6) is 0 Å². The van der Waals surface area contributed by atoms with E-state index in [9.17, 15) is 0 Å². The fourth-order valence-electron chi connectivity index (χ4n) is 1.98. The summed E-state index contributed by atoms with van der Waals surface area (Å²) in [5.74, 6) is 0.967. The molecule has 0 radical (unpaired) electrons. The molecule has 2 aromatic rings. The Hall–Kier alpha value is -1.61. The number of hydrogen-bond donors (Lipinski definition) is 2. The predicted octanol–water partition coefficient (Wildman–Crippen LogP) is 2.96. The SMILES string of the molecule is CCC(NCc1cnc(C)[nH]1)c1ccccc1. The average Bonchev–Trinajstić information content (AvgIpc) is 2.77. The maximum Gasteiger partial charge on any atom is 0.103 e. The van der Waals surface area contributed by atoms with Crippen LogP contribution >= 0.6 is 0 Å². The molecule has 1 unspecified atom stereocenters. The fourth-order valence-corrected chi connectivity index (χ4v) is 1.98. The van der Waals surface area contributed by atoms with Gasteiger partial charge < -0.3 is 10.3 Å². The lowest BCUT2D eigenvalue weighted by Gasteiger charge is -2.16. The van der Waals surface area contributed by atoms with Crippen LogP contribution in [0.2, 0.25) is 0 Å². The van der Waals surface area contributed by atoms with Crippen LogP contribution in [-0.4, -0.2) is 9.97 Å². The van der Waals surface area contributed by atoms with Gasteiger partial charge in [0.25, 0.3) is 0 Å². The van der Waals surface area contributed by atoms with Crippen LogP contribution in [0.4, 0.5) is 0 Å². The van der Waals surface area contributed by atoms with E-state index in [0.29, 0.717) is 6.04 Å². The lowest BCUT2D eigenvalue weighted by molar-refractivity contribution is 0.515. The van der Waals surface area contributed by atoms with Crippen molar-refractivity contribution in [2.45, 2.75) is 32.9 Å². The molecule has 1 atom stereocenters. The van der Waals surface area contributed by atoms with Crippen LogP contribution in [0.1, 0.15) is 36.5 Å². The Kier molecular flexibility index (Phi) is 3.94. The summed E-state index contributed by atoms with van der Waals surface area (Å²) in [6.07, 6.45) is 2.97. The smallest absolute Gasteiger partial charge is 0.103 e. The van der Waals surface area contributed by atoms with Crippen molar-refractivity contribution >= 4 is 0 Å². The van der Waals surface area contributed by atoms with Gasteiger partial charge in [-0.3, -0.25) is 0 Å². The van der Waals surface area contributed by atoms with E-state index in [1.54, 1.807) is 0 Å². The van der Waals surface area contributed by atoms with E-state index in [1.165, 1.54) is 5.56 Å². The van der Waals surface area contributed by atoms with E-state index in [4.69, 9.17) is 0 Å². The molecular weight excluding hydrogens is 210 g/mol. The van der Waals surface area contributed by atoms with Gasteiger partial charge in [0.05, 0.1) is 0 Å². The molecule has 0 aliphatic rings. The van der Waals surface area contributed by atoms with Crippen molar-refractivity contribution in [1.82, 2.24) is 15.3 Å². The molecule has 0 saturated carbocycles. The lowest BCUT2D eigenvalue weighted by Crippen LogP contribution is -2.20. The van der Waals surface area contributed by atoms with Crippen molar-refractivity contribution in [2.24, 2.45) is 0 Å². The highest BCUT2D eigenvalue weighted by Gasteiger charge is 2.08. The molecule has 1 heterocycles. The summed E-state index contributed by atoms with van der Waals surface area (Å²) in [7, 11) is 0. The highest BCUT2D eigenvalue weighted by molar-refractivity contribution is 5.18. The summed E-state index contributed by atoms with van der Waals surface area (Å²) in [4.78, 5) is 7.43. The first kappa shape index (κ1) is 11.9. The highest BCUT2D eigenvalue weighted by Crippen LogP contribution is 2.16.